The summed E-state index contributed by atoms with van der Waals surface area (Å²) in [5, 5.41) is 3.07. The topological polar surface area (TPSA) is 30.5 Å². The molecule has 0 aromatic carbocycles. The van der Waals surface area contributed by atoms with E-state index in [0.29, 0.717) is 0 Å². The first-order valence-electron chi connectivity index (χ1n) is 3.43. The first kappa shape index (κ1) is 10.1. The molecule has 0 bridgehead atoms. The van der Waals surface area contributed by atoms with Crippen molar-refractivity contribution in [1.29, 1.82) is 0 Å². The summed E-state index contributed by atoms with van der Waals surface area (Å²) >= 11 is 0. The van der Waals surface area contributed by atoms with E-state index in [4.69, 9.17) is 8.85 Å². The predicted molar refractivity (Wildman–Crippen MR) is 44.4 cm³/mol. The largest absolute Gasteiger partial charge is 0.398 e. The SMILES string of the molecule is CNCC[Si](C)(OC)OC. The van der Waals surface area contributed by atoms with Crippen LogP contribution in [0.5, 0.6) is 0 Å². The highest BCUT2D eigenvalue weighted by Gasteiger charge is 2.27. The monoisotopic (exact) mass is 163 g/mol. The van der Waals surface area contributed by atoms with Gasteiger partial charge in [-0.25, -0.2) is 0 Å². The van der Waals surface area contributed by atoms with E-state index in [1.54, 1.807) is 14.2 Å². The van der Waals surface area contributed by atoms with Gasteiger partial charge in [0.1, 0.15) is 0 Å². The normalized spacial score (nSPS) is 12.0. The molecular weight excluding hydrogens is 146 g/mol. The molecule has 0 fully saturated rings. The molecule has 0 heterocycles. The van der Waals surface area contributed by atoms with E-state index in [1.807, 2.05) is 7.05 Å². The van der Waals surface area contributed by atoms with Crippen molar-refractivity contribution in [2.45, 2.75) is 12.6 Å². The second-order valence-corrected chi connectivity index (χ2v) is 5.98. The van der Waals surface area contributed by atoms with E-state index in [2.05, 4.69) is 11.9 Å². The maximum absolute atomic E-state index is 5.27. The molecule has 0 saturated carbocycles. The van der Waals surface area contributed by atoms with E-state index < -0.39 is 8.56 Å². The molecule has 0 aromatic heterocycles. The van der Waals surface area contributed by atoms with Gasteiger partial charge in [0.15, 0.2) is 0 Å². The second kappa shape index (κ2) is 4.84. The minimum atomic E-state index is -1.78. The maximum atomic E-state index is 5.27. The highest BCUT2D eigenvalue weighted by atomic mass is 28.4. The third kappa shape index (κ3) is 3.31. The Morgan fingerprint density at radius 2 is 1.80 bits per heavy atom. The van der Waals surface area contributed by atoms with Crippen LogP contribution in [0.15, 0.2) is 0 Å². The van der Waals surface area contributed by atoms with Crippen molar-refractivity contribution in [2.24, 2.45) is 0 Å². The zero-order chi connectivity index (χ0) is 8.04. The molecule has 0 atom stereocenters. The molecule has 62 valence electrons. The van der Waals surface area contributed by atoms with Gasteiger partial charge in [-0.1, -0.05) is 0 Å². The van der Waals surface area contributed by atoms with Crippen molar-refractivity contribution >= 4 is 8.56 Å². The van der Waals surface area contributed by atoms with Crippen LogP contribution in [0, 0.1) is 0 Å². The van der Waals surface area contributed by atoms with Crippen LogP contribution in [-0.4, -0.2) is 36.4 Å². The fourth-order valence-corrected chi connectivity index (χ4v) is 1.92. The standard InChI is InChI=1S/C6H17NO2Si/c1-7-5-6-10(4,8-2)9-3/h7H,5-6H2,1-4H3. The zero-order valence-corrected chi connectivity index (χ0v) is 8.23. The predicted octanol–water partition coefficient (Wildman–Crippen LogP) is 0.571. The molecule has 0 amide bonds. The Kier molecular flexibility index (Phi) is 4.89. The molecule has 3 nitrogen and oxygen atoms in total. The third-order valence-electron chi connectivity index (χ3n) is 1.69. The van der Waals surface area contributed by atoms with Gasteiger partial charge in [-0.2, -0.15) is 0 Å². The molecule has 10 heavy (non-hydrogen) atoms. The lowest BCUT2D eigenvalue weighted by molar-refractivity contribution is 0.249. The lowest BCUT2D eigenvalue weighted by Gasteiger charge is -2.22. The van der Waals surface area contributed by atoms with Crippen LogP contribution < -0.4 is 5.32 Å². The fraction of sp³-hybridized carbons (Fsp3) is 1.00. The molecule has 0 rings (SSSR count). The minimum Gasteiger partial charge on any atom is -0.398 e. The summed E-state index contributed by atoms with van der Waals surface area (Å²) in [7, 11) is 3.58. The van der Waals surface area contributed by atoms with Crippen molar-refractivity contribution in [3.63, 3.8) is 0 Å². The van der Waals surface area contributed by atoms with Crippen molar-refractivity contribution in [3.05, 3.63) is 0 Å². The first-order valence-corrected chi connectivity index (χ1v) is 5.96. The molecule has 0 aliphatic heterocycles. The van der Waals surface area contributed by atoms with Crippen LogP contribution in [0.1, 0.15) is 0 Å². The Bertz CT molecular complexity index is 85.8. The second-order valence-electron chi connectivity index (χ2n) is 2.40. The molecule has 0 radical (unpaired) electrons. The summed E-state index contributed by atoms with van der Waals surface area (Å²) in [4.78, 5) is 0. The average molecular weight is 163 g/mol. The Hall–Kier alpha value is 0.0969. The maximum Gasteiger partial charge on any atom is 0.335 e. The molecule has 0 spiro atoms. The Morgan fingerprint density at radius 1 is 1.30 bits per heavy atom. The van der Waals surface area contributed by atoms with Crippen LogP contribution in [-0.2, 0) is 8.85 Å². The smallest absolute Gasteiger partial charge is 0.335 e. The molecular formula is C6H17NO2Si. The van der Waals surface area contributed by atoms with Gasteiger partial charge in [0.05, 0.1) is 0 Å². The first-order chi connectivity index (χ1) is 4.68. The average Bonchev–Trinajstić information content (AvgIpc) is 2.00. The Morgan fingerprint density at radius 3 is 2.10 bits per heavy atom. The van der Waals surface area contributed by atoms with Gasteiger partial charge >= 0.3 is 8.56 Å². The molecule has 0 saturated heterocycles. The summed E-state index contributed by atoms with van der Waals surface area (Å²) in [5.74, 6) is 0. The highest BCUT2D eigenvalue weighted by molar-refractivity contribution is 6.66. The fourth-order valence-electron chi connectivity index (χ4n) is 0.640. The summed E-state index contributed by atoms with van der Waals surface area (Å²) < 4.78 is 10.5. The lowest BCUT2D eigenvalue weighted by atomic mass is 10.8. The summed E-state index contributed by atoms with van der Waals surface area (Å²) in [5.41, 5.74) is 0. The van der Waals surface area contributed by atoms with Gasteiger partial charge in [0.25, 0.3) is 0 Å². The van der Waals surface area contributed by atoms with Gasteiger partial charge < -0.3 is 14.2 Å². The van der Waals surface area contributed by atoms with E-state index in [0.717, 1.165) is 12.6 Å². The molecule has 0 unspecified atom stereocenters. The van der Waals surface area contributed by atoms with Crippen LogP contribution in [0.25, 0.3) is 0 Å². The summed E-state index contributed by atoms with van der Waals surface area (Å²) in [6.45, 7) is 3.02. The number of nitrogens with one attached hydrogen (secondary N) is 1. The van der Waals surface area contributed by atoms with Crippen molar-refractivity contribution in [3.8, 4) is 0 Å². The highest BCUT2D eigenvalue weighted by Crippen LogP contribution is 2.08. The van der Waals surface area contributed by atoms with Crippen molar-refractivity contribution in [2.75, 3.05) is 27.8 Å². The van der Waals surface area contributed by atoms with E-state index in [1.165, 1.54) is 0 Å². The van der Waals surface area contributed by atoms with Gasteiger partial charge in [0, 0.05) is 20.3 Å². The van der Waals surface area contributed by atoms with Crippen LogP contribution in [0.4, 0.5) is 0 Å². The molecule has 0 aromatic rings. The Labute approximate surface area is 64.0 Å². The van der Waals surface area contributed by atoms with Gasteiger partial charge in [-0.3, -0.25) is 0 Å². The summed E-state index contributed by atoms with van der Waals surface area (Å²) in [6.07, 6.45) is 0. The molecule has 4 heteroatoms. The van der Waals surface area contributed by atoms with E-state index >= 15 is 0 Å². The molecule has 0 aliphatic rings. The van der Waals surface area contributed by atoms with Crippen molar-refractivity contribution in [1.82, 2.24) is 5.32 Å². The molecule has 0 aliphatic carbocycles. The van der Waals surface area contributed by atoms with Crippen LogP contribution in [0.3, 0.4) is 0 Å². The number of hydrogen-bond acceptors (Lipinski definition) is 3. The van der Waals surface area contributed by atoms with Gasteiger partial charge in [-0.05, 0) is 20.1 Å². The van der Waals surface area contributed by atoms with Crippen LogP contribution in [0.2, 0.25) is 12.6 Å². The van der Waals surface area contributed by atoms with Gasteiger partial charge in [-0.15, -0.1) is 0 Å². The lowest BCUT2D eigenvalue weighted by Crippen LogP contribution is -2.38. The van der Waals surface area contributed by atoms with E-state index in [9.17, 15) is 0 Å². The number of rotatable bonds is 5. The third-order valence-corrected chi connectivity index (χ3v) is 4.58. The van der Waals surface area contributed by atoms with Gasteiger partial charge in [0.2, 0.25) is 0 Å². The van der Waals surface area contributed by atoms with Crippen molar-refractivity contribution < 1.29 is 8.85 Å². The minimum absolute atomic E-state index is 0.963. The zero-order valence-electron chi connectivity index (χ0n) is 7.23. The van der Waals surface area contributed by atoms with E-state index in [-0.39, 0.29) is 0 Å². The molecule has 1 N–H and O–H groups in total. The quantitative estimate of drug-likeness (QED) is 0.601. The summed E-state index contributed by atoms with van der Waals surface area (Å²) in [6, 6.07) is 0.997. The number of hydrogen-bond donors (Lipinski definition) is 1. The van der Waals surface area contributed by atoms with Crippen LogP contribution >= 0.6 is 0 Å². The Balaban J connectivity index is 3.58.